The zero-order chi connectivity index (χ0) is 22.9. The van der Waals surface area contributed by atoms with Crippen LogP contribution in [0.1, 0.15) is 28.9 Å². The first kappa shape index (κ1) is 20.7. The summed E-state index contributed by atoms with van der Waals surface area (Å²) in [7, 11) is 1.59. The summed E-state index contributed by atoms with van der Waals surface area (Å²) in [4.78, 5) is 16.9. The van der Waals surface area contributed by atoms with E-state index in [0.717, 1.165) is 11.3 Å². The van der Waals surface area contributed by atoms with Gasteiger partial charge in [-0.05, 0) is 49.4 Å². The molecule has 168 valence electrons. The van der Waals surface area contributed by atoms with Crippen molar-refractivity contribution in [1.29, 1.82) is 0 Å². The third kappa shape index (κ3) is 3.69. The van der Waals surface area contributed by atoms with Crippen LogP contribution >= 0.6 is 0 Å². The zero-order valence-electron chi connectivity index (χ0n) is 18.0. The predicted octanol–water partition coefficient (Wildman–Crippen LogP) is 3.40. The summed E-state index contributed by atoms with van der Waals surface area (Å²) < 4.78 is 33.3. The van der Waals surface area contributed by atoms with Crippen molar-refractivity contribution in [2.24, 2.45) is 0 Å². The van der Waals surface area contributed by atoms with E-state index in [-0.39, 0.29) is 31.3 Å². The van der Waals surface area contributed by atoms with Crippen LogP contribution in [-0.4, -0.2) is 44.0 Å². The lowest BCUT2D eigenvalue weighted by atomic mass is 10.1. The average Bonchev–Trinajstić information content (AvgIpc) is 3.40. The molecular formula is C23H20FN5O4. The molecule has 5 rings (SSSR count). The Balaban J connectivity index is 1.60. The van der Waals surface area contributed by atoms with Gasteiger partial charge < -0.3 is 18.8 Å². The molecule has 10 heteroatoms. The molecule has 3 heterocycles. The molecule has 4 aromatic rings. The van der Waals surface area contributed by atoms with Crippen LogP contribution < -0.4 is 9.47 Å². The van der Waals surface area contributed by atoms with Crippen LogP contribution in [0.25, 0.3) is 17.1 Å². The number of aromatic nitrogens is 5. The molecule has 9 nitrogen and oxygen atoms in total. The molecule has 0 spiro atoms. The van der Waals surface area contributed by atoms with Gasteiger partial charge in [-0.2, -0.15) is 0 Å². The maximum Gasteiger partial charge on any atom is 0.358 e. The van der Waals surface area contributed by atoms with Crippen LogP contribution in [0.2, 0.25) is 0 Å². The van der Waals surface area contributed by atoms with Crippen molar-refractivity contribution in [2.45, 2.75) is 20.1 Å². The molecule has 0 N–H and O–H groups in total. The minimum absolute atomic E-state index is 0.0980. The molecule has 0 aliphatic carbocycles. The summed E-state index contributed by atoms with van der Waals surface area (Å²) >= 11 is 0. The number of hydrogen-bond donors (Lipinski definition) is 0. The number of benzene rings is 2. The van der Waals surface area contributed by atoms with Gasteiger partial charge in [0.1, 0.15) is 30.3 Å². The van der Waals surface area contributed by atoms with Gasteiger partial charge in [0.2, 0.25) is 0 Å². The molecule has 0 saturated carbocycles. The number of methoxy groups -OCH3 is 1. The summed E-state index contributed by atoms with van der Waals surface area (Å²) in [6.07, 6.45) is 1.60. The van der Waals surface area contributed by atoms with E-state index in [0.29, 0.717) is 28.8 Å². The van der Waals surface area contributed by atoms with E-state index in [1.54, 1.807) is 32.5 Å². The quantitative estimate of drug-likeness (QED) is 0.367. The Morgan fingerprint density at radius 2 is 1.91 bits per heavy atom. The van der Waals surface area contributed by atoms with Crippen LogP contribution in [0.4, 0.5) is 4.39 Å². The highest BCUT2D eigenvalue weighted by atomic mass is 19.1. The Kier molecular flexibility index (Phi) is 5.25. The minimum Gasteiger partial charge on any atom is -0.497 e. The van der Waals surface area contributed by atoms with E-state index in [4.69, 9.17) is 14.2 Å². The summed E-state index contributed by atoms with van der Waals surface area (Å²) in [5, 5.41) is 8.72. The number of nitrogens with zero attached hydrogens (tertiary/aromatic N) is 5. The molecule has 2 aromatic carbocycles. The lowest BCUT2D eigenvalue weighted by molar-refractivity contribution is 0.0518. The average molecular weight is 449 g/mol. The van der Waals surface area contributed by atoms with Crippen LogP contribution in [0, 0.1) is 5.82 Å². The number of halogens is 1. The number of hydrogen-bond acceptors (Lipinski definition) is 7. The molecule has 0 unspecified atom stereocenters. The van der Waals surface area contributed by atoms with Crippen LogP contribution in [0.5, 0.6) is 11.5 Å². The molecule has 1 aliphatic heterocycles. The van der Waals surface area contributed by atoms with Crippen molar-refractivity contribution >= 4 is 5.97 Å². The van der Waals surface area contributed by atoms with E-state index < -0.39 is 5.97 Å². The van der Waals surface area contributed by atoms with E-state index in [9.17, 15) is 9.18 Å². The van der Waals surface area contributed by atoms with Gasteiger partial charge in [0.15, 0.2) is 17.3 Å². The topological polar surface area (TPSA) is 93.3 Å². The second-order valence-corrected chi connectivity index (χ2v) is 7.28. The van der Waals surface area contributed by atoms with Crippen molar-refractivity contribution in [3.63, 3.8) is 0 Å². The number of carbonyl (C=O) groups excluding carboxylic acids is 1. The number of rotatable bonds is 6. The summed E-state index contributed by atoms with van der Waals surface area (Å²) in [6, 6.07) is 11.3. The summed E-state index contributed by atoms with van der Waals surface area (Å²) in [6.45, 7) is 2.36. The summed E-state index contributed by atoms with van der Waals surface area (Å²) in [5.74, 6) is 1.45. The Bertz CT molecular complexity index is 1330. The Morgan fingerprint density at radius 3 is 2.67 bits per heavy atom. The highest BCUT2D eigenvalue weighted by Crippen LogP contribution is 2.35. The highest BCUT2D eigenvalue weighted by Gasteiger charge is 2.29. The molecule has 0 atom stereocenters. The fourth-order valence-corrected chi connectivity index (χ4v) is 3.77. The smallest absolute Gasteiger partial charge is 0.358 e. The lowest BCUT2D eigenvalue weighted by Gasteiger charge is -2.10. The Hall–Kier alpha value is -4.21. The molecule has 0 saturated heterocycles. The molecule has 0 amide bonds. The van der Waals surface area contributed by atoms with Crippen LogP contribution in [0.15, 0.2) is 48.8 Å². The fraction of sp³-hybridized carbons (Fsp3) is 0.217. The standard InChI is InChI=1S/C23H20FN5O4/c1-3-32-23(30)21-19-11-28-20(12-33-15-6-4-14(24)5-7-15)26-27-22(28)17-10-16(31-2)8-9-18(17)29(19)13-25-21/h4-10,13H,3,11-12H2,1-2H3. The monoisotopic (exact) mass is 449 g/mol. The van der Waals surface area contributed by atoms with Gasteiger partial charge in [-0.15, -0.1) is 10.2 Å². The third-order valence-electron chi connectivity index (χ3n) is 5.36. The largest absolute Gasteiger partial charge is 0.497 e. The number of carbonyl (C=O) groups is 1. The second kappa shape index (κ2) is 8.38. The Labute approximate surface area is 188 Å². The van der Waals surface area contributed by atoms with Crippen molar-refractivity contribution in [3.8, 4) is 28.6 Å². The first-order valence-electron chi connectivity index (χ1n) is 10.3. The maximum absolute atomic E-state index is 13.2. The Morgan fingerprint density at radius 1 is 1.12 bits per heavy atom. The van der Waals surface area contributed by atoms with Gasteiger partial charge in [-0.1, -0.05) is 0 Å². The third-order valence-corrected chi connectivity index (χ3v) is 5.36. The number of imidazole rings is 1. The second-order valence-electron chi connectivity index (χ2n) is 7.28. The SMILES string of the molecule is CCOC(=O)c1ncn2c1Cn1c(COc3ccc(F)cc3)nnc1-c1cc(OC)ccc1-2. The van der Waals surface area contributed by atoms with E-state index in [2.05, 4.69) is 15.2 Å². The maximum atomic E-state index is 13.2. The fourth-order valence-electron chi connectivity index (χ4n) is 3.77. The van der Waals surface area contributed by atoms with Crippen molar-refractivity contribution in [2.75, 3.05) is 13.7 Å². The lowest BCUT2D eigenvalue weighted by Crippen LogP contribution is -2.14. The first-order valence-corrected chi connectivity index (χ1v) is 10.3. The van der Waals surface area contributed by atoms with Crippen molar-refractivity contribution in [1.82, 2.24) is 24.3 Å². The molecule has 0 radical (unpaired) electrons. The predicted molar refractivity (Wildman–Crippen MR) is 115 cm³/mol. The van der Waals surface area contributed by atoms with Crippen molar-refractivity contribution in [3.05, 3.63) is 71.8 Å². The van der Waals surface area contributed by atoms with Crippen LogP contribution in [0.3, 0.4) is 0 Å². The zero-order valence-corrected chi connectivity index (χ0v) is 18.0. The number of esters is 1. The van der Waals surface area contributed by atoms with Crippen LogP contribution in [-0.2, 0) is 17.9 Å². The normalized spacial score (nSPS) is 11.7. The number of fused-ring (bicyclic) bond motifs is 5. The van der Waals surface area contributed by atoms with Gasteiger partial charge in [0, 0.05) is 5.56 Å². The molecule has 0 bridgehead atoms. The van der Waals surface area contributed by atoms with Gasteiger partial charge >= 0.3 is 5.97 Å². The molecular weight excluding hydrogens is 429 g/mol. The first-order chi connectivity index (χ1) is 16.1. The number of ether oxygens (including phenoxy) is 3. The van der Waals surface area contributed by atoms with E-state index >= 15 is 0 Å². The highest BCUT2D eigenvalue weighted by molar-refractivity contribution is 5.89. The molecule has 0 fully saturated rings. The van der Waals surface area contributed by atoms with Crippen molar-refractivity contribution < 1.29 is 23.4 Å². The van der Waals surface area contributed by atoms with Gasteiger partial charge in [0.25, 0.3) is 0 Å². The molecule has 33 heavy (non-hydrogen) atoms. The molecule has 2 aromatic heterocycles. The summed E-state index contributed by atoms with van der Waals surface area (Å²) in [5.41, 5.74) is 2.42. The van der Waals surface area contributed by atoms with E-state index in [1.165, 1.54) is 12.1 Å². The minimum atomic E-state index is -0.498. The molecule has 1 aliphatic rings. The van der Waals surface area contributed by atoms with Gasteiger partial charge in [-0.3, -0.25) is 4.57 Å². The van der Waals surface area contributed by atoms with Gasteiger partial charge in [0.05, 0.1) is 31.6 Å². The van der Waals surface area contributed by atoms with E-state index in [1.807, 2.05) is 27.3 Å². The van der Waals surface area contributed by atoms with Gasteiger partial charge in [-0.25, -0.2) is 14.2 Å².